The molecule has 0 radical (unpaired) electrons. The maximum Gasteiger partial charge on any atom is 0.337 e. The molecule has 0 bridgehead atoms. The van der Waals surface area contributed by atoms with Crippen molar-refractivity contribution in [1.82, 2.24) is 0 Å². The number of Topliss-reactive ketones (excluding diaryl/α,β-unsaturated/α-hetero) is 1. The van der Waals surface area contributed by atoms with Gasteiger partial charge in [0.05, 0.1) is 28.7 Å². The highest BCUT2D eigenvalue weighted by Gasteiger charge is 2.28. The minimum Gasteiger partial charge on any atom is -0.478 e. The van der Waals surface area contributed by atoms with Gasteiger partial charge in [0.2, 0.25) is 0 Å². The Hall–Kier alpha value is -3.40. The van der Waals surface area contributed by atoms with Crippen LogP contribution in [-0.4, -0.2) is 50.9 Å². The minimum atomic E-state index is -3.98. The van der Waals surface area contributed by atoms with E-state index in [9.17, 15) is 27.9 Å². The Morgan fingerprint density at radius 3 is 2.27 bits per heavy atom. The van der Waals surface area contributed by atoms with Crippen molar-refractivity contribution in [2.45, 2.75) is 31.6 Å². The molecule has 1 aliphatic rings. The molecule has 2 aromatic carbocycles. The van der Waals surface area contributed by atoms with Crippen LogP contribution in [0, 0.1) is 5.92 Å². The molecule has 33 heavy (non-hydrogen) atoms. The third kappa shape index (κ3) is 5.70. The molecule has 1 saturated heterocycles. The first-order valence-electron chi connectivity index (χ1n) is 10.5. The molecule has 0 aromatic heterocycles. The van der Waals surface area contributed by atoms with Gasteiger partial charge in [0.1, 0.15) is 0 Å². The van der Waals surface area contributed by atoms with Gasteiger partial charge in [-0.15, -0.1) is 0 Å². The highest BCUT2D eigenvalue weighted by Crippen LogP contribution is 2.30. The molecule has 0 atom stereocenters. The molecule has 1 fully saturated rings. The molecular formula is C23H26N2O7S. The Bertz CT molecular complexity index is 1150. The molecule has 1 heterocycles. The monoisotopic (exact) mass is 474 g/mol. The predicted octanol–water partition coefficient (Wildman–Crippen LogP) is 3.17. The predicted molar refractivity (Wildman–Crippen MR) is 122 cm³/mol. The number of carbonyl (C=O) groups excluding carboxylic acids is 2. The maximum absolute atomic E-state index is 12.7. The fourth-order valence-corrected chi connectivity index (χ4v) is 4.80. The molecule has 2 aromatic rings. The second kappa shape index (κ2) is 10.0. The number of carboxylic acid groups (broad SMARTS) is 1. The number of nitrogens with zero attached hydrogens (tertiary/aromatic N) is 1. The summed E-state index contributed by atoms with van der Waals surface area (Å²) in [6.45, 7) is 4.42. The first-order valence-corrected chi connectivity index (χ1v) is 12.0. The zero-order valence-electron chi connectivity index (χ0n) is 18.4. The number of piperidine rings is 1. The Balaban J connectivity index is 1.78. The average Bonchev–Trinajstić information content (AvgIpc) is 2.79. The number of esters is 1. The van der Waals surface area contributed by atoms with Crippen molar-refractivity contribution in [2.24, 2.45) is 5.92 Å². The van der Waals surface area contributed by atoms with Gasteiger partial charge >= 0.3 is 11.9 Å². The van der Waals surface area contributed by atoms with Gasteiger partial charge in [-0.1, -0.05) is 12.1 Å². The van der Waals surface area contributed by atoms with Gasteiger partial charge in [0.25, 0.3) is 10.0 Å². The summed E-state index contributed by atoms with van der Waals surface area (Å²) < 4.78 is 32.9. The van der Waals surface area contributed by atoms with Gasteiger partial charge in [-0.05, 0) is 57.0 Å². The van der Waals surface area contributed by atoms with Crippen LogP contribution in [0.25, 0.3) is 0 Å². The summed E-state index contributed by atoms with van der Waals surface area (Å²) >= 11 is 0. The van der Waals surface area contributed by atoms with Crippen molar-refractivity contribution >= 4 is 39.1 Å². The lowest BCUT2D eigenvalue weighted by Gasteiger charge is -2.33. The molecule has 2 N–H and O–H groups in total. The van der Waals surface area contributed by atoms with Crippen molar-refractivity contribution in [3.05, 3.63) is 53.6 Å². The Kier molecular flexibility index (Phi) is 7.37. The maximum atomic E-state index is 12.7. The number of hydrogen-bond donors (Lipinski definition) is 2. The largest absolute Gasteiger partial charge is 0.478 e. The molecule has 1 aliphatic heterocycles. The molecule has 0 unspecified atom stereocenters. The van der Waals surface area contributed by atoms with E-state index in [0.717, 1.165) is 0 Å². The molecule has 3 rings (SSSR count). The second-order valence-electron chi connectivity index (χ2n) is 7.74. The number of benzene rings is 2. The van der Waals surface area contributed by atoms with E-state index < -0.39 is 16.0 Å². The smallest absolute Gasteiger partial charge is 0.337 e. The highest BCUT2D eigenvalue weighted by molar-refractivity contribution is 7.92. The fraction of sp³-hybridized carbons (Fsp3) is 0.348. The van der Waals surface area contributed by atoms with Crippen LogP contribution < -0.4 is 9.62 Å². The Morgan fingerprint density at radius 2 is 1.73 bits per heavy atom. The zero-order chi connectivity index (χ0) is 24.2. The fourth-order valence-electron chi connectivity index (χ4n) is 3.75. The van der Waals surface area contributed by atoms with E-state index in [4.69, 9.17) is 4.74 Å². The van der Waals surface area contributed by atoms with Crippen molar-refractivity contribution in [1.29, 1.82) is 0 Å². The number of aromatic carboxylic acids is 1. The molecule has 9 nitrogen and oxygen atoms in total. The van der Waals surface area contributed by atoms with E-state index in [0.29, 0.717) is 43.8 Å². The Morgan fingerprint density at radius 1 is 1.09 bits per heavy atom. The van der Waals surface area contributed by atoms with E-state index in [1.54, 1.807) is 13.0 Å². The number of hydrogen-bond acceptors (Lipinski definition) is 7. The topological polar surface area (TPSA) is 130 Å². The number of ether oxygens (including phenoxy) is 1. The van der Waals surface area contributed by atoms with Crippen molar-refractivity contribution in [3.63, 3.8) is 0 Å². The molecule has 0 spiro atoms. The summed E-state index contributed by atoms with van der Waals surface area (Å²) in [6, 6.07) is 9.81. The van der Waals surface area contributed by atoms with Gasteiger partial charge in [-0.2, -0.15) is 0 Å². The van der Waals surface area contributed by atoms with E-state index in [1.165, 1.54) is 43.3 Å². The molecule has 10 heteroatoms. The van der Waals surface area contributed by atoms with Crippen LogP contribution in [-0.2, 0) is 19.6 Å². The normalized spacial score (nSPS) is 14.5. The lowest BCUT2D eigenvalue weighted by Crippen LogP contribution is -2.37. The number of carboxylic acids is 1. The van der Waals surface area contributed by atoms with E-state index in [1.807, 2.05) is 4.90 Å². The molecular weight excluding hydrogens is 448 g/mol. The van der Waals surface area contributed by atoms with Gasteiger partial charge in [0.15, 0.2) is 5.78 Å². The quantitative estimate of drug-likeness (QED) is 0.441. The number of anilines is 2. The van der Waals surface area contributed by atoms with Crippen molar-refractivity contribution < 1.29 is 32.6 Å². The van der Waals surface area contributed by atoms with Crippen LogP contribution in [0.15, 0.2) is 47.4 Å². The van der Waals surface area contributed by atoms with Crippen LogP contribution in [0.4, 0.5) is 11.4 Å². The molecule has 0 aliphatic carbocycles. The summed E-state index contributed by atoms with van der Waals surface area (Å²) in [4.78, 5) is 37.1. The number of nitrogens with one attached hydrogen (secondary N) is 1. The average molecular weight is 475 g/mol. The molecule has 0 saturated carbocycles. The van der Waals surface area contributed by atoms with E-state index in [2.05, 4.69) is 4.72 Å². The zero-order valence-corrected chi connectivity index (χ0v) is 19.2. The van der Waals surface area contributed by atoms with Gasteiger partial charge in [-0.3, -0.25) is 14.3 Å². The van der Waals surface area contributed by atoms with Crippen LogP contribution in [0.5, 0.6) is 0 Å². The Labute approximate surface area is 192 Å². The van der Waals surface area contributed by atoms with Crippen LogP contribution in [0.1, 0.15) is 47.4 Å². The SMILES string of the molecule is CCOC(=O)C1CCN(c2ccc(NS(=O)(=O)c3ccc(C(C)=O)cc3)cc2C(=O)O)CC1. The summed E-state index contributed by atoms with van der Waals surface area (Å²) in [7, 11) is -3.98. The number of carbonyl (C=O) groups is 3. The first-order chi connectivity index (χ1) is 15.6. The third-order valence-corrected chi connectivity index (χ3v) is 6.90. The van der Waals surface area contributed by atoms with Crippen LogP contribution in [0.3, 0.4) is 0 Å². The lowest BCUT2D eigenvalue weighted by molar-refractivity contribution is -0.148. The van der Waals surface area contributed by atoms with Crippen LogP contribution in [0.2, 0.25) is 0 Å². The van der Waals surface area contributed by atoms with Crippen LogP contribution >= 0.6 is 0 Å². The molecule has 0 amide bonds. The van der Waals surface area contributed by atoms with Crippen molar-refractivity contribution in [3.8, 4) is 0 Å². The first kappa shape index (κ1) is 24.2. The standard InChI is InChI=1S/C23H26N2O7S/c1-3-32-23(29)17-10-12-25(13-11-17)21-9-6-18(14-20(21)22(27)28)24-33(30,31)19-7-4-16(5-8-19)15(2)26/h4-9,14,17,24H,3,10-13H2,1-2H3,(H,27,28). The minimum absolute atomic E-state index is 0.0447. The molecule has 176 valence electrons. The summed E-state index contributed by atoms with van der Waals surface area (Å²) in [5, 5.41) is 9.72. The highest BCUT2D eigenvalue weighted by atomic mass is 32.2. The summed E-state index contributed by atoms with van der Waals surface area (Å²) in [6.07, 6.45) is 1.09. The van der Waals surface area contributed by atoms with Gasteiger partial charge in [-0.25, -0.2) is 13.2 Å². The van der Waals surface area contributed by atoms with Crippen molar-refractivity contribution in [2.75, 3.05) is 29.3 Å². The number of ketones is 1. The number of rotatable bonds is 8. The summed E-state index contributed by atoms with van der Waals surface area (Å²) in [5.74, 6) is -1.82. The second-order valence-corrected chi connectivity index (χ2v) is 9.42. The van der Waals surface area contributed by atoms with E-state index >= 15 is 0 Å². The summed E-state index contributed by atoms with van der Waals surface area (Å²) in [5.41, 5.74) is 0.904. The van der Waals surface area contributed by atoms with Gasteiger partial charge in [0, 0.05) is 24.3 Å². The number of sulfonamides is 1. The third-order valence-electron chi connectivity index (χ3n) is 5.51. The van der Waals surface area contributed by atoms with E-state index in [-0.39, 0.29) is 33.8 Å². The lowest BCUT2D eigenvalue weighted by atomic mass is 9.96. The van der Waals surface area contributed by atoms with Gasteiger partial charge < -0.3 is 14.7 Å².